The minimum absolute atomic E-state index is 0.120. The Morgan fingerprint density at radius 3 is 2.34 bits per heavy atom. The monoisotopic (exact) mass is 421 g/mol. The maximum Gasteiger partial charge on any atom is 0.246 e. The molecule has 8 nitrogen and oxygen atoms in total. The first-order valence-corrected chi connectivity index (χ1v) is 11.5. The second-order valence-corrected chi connectivity index (χ2v) is 9.96. The zero-order chi connectivity index (χ0) is 21.3. The van der Waals surface area contributed by atoms with E-state index in [9.17, 15) is 8.42 Å². The number of rotatable bonds is 6. The first-order valence-electron chi connectivity index (χ1n) is 10.1. The molecule has 0 atom stereocenters. The van der Waals surface area contributed by atoms with Crippen LogP contribution < -0.4 is 4.74 Å². The summed E-state index contributed by atoms with van der Waals surface area (Å²) in [5.74, 6) is 0.914. The summed E-state index contributed by atoms with van der Waals surface area (Å²) in [5.41, 5.74) is 3.12. The van der Waals surface area contributed by atoms with Crippen LogP contribution in [0.3, 0.4) is 0 Å². The predicted octanol–water partition coefficient (Wildman–Crippen LogP) is 2.97. The van der Waals surface area contributed by atoms with E-state index < -0.39 is 10.0 Å². The molecule has 2 aromatic heterocycles. The smallest absolute Gasteiger partial charge is 0.246 e. The average Bonchev–Trinajstić information content (AvgIpc) is 2.98. The average molecular weight is 422 g/mol. The minimum atomic E-state index is -3.55. The fourth-order valence-corrected chi connectivity index (χ4v) is 5.66. The normalized spacial score (nSPS) is 16.5. The highest BCUT2D eigenvalue weighted by molar-refractivity contribution is 7.89. The number of hydrogen-bond donors (Lipinski definition) is 0. The highest BCUT2D eigenvalue weighted by atomic mass is 32.2. The van der Waals surface area contributed by atoms with Gasteiger partial charge in [-0.15, -0.1) is 0 Å². The lowest BCUT2D eigenvalue weighted by Crippen LogP contribution is -2.40. The third kappa shape index (κ3) is 4.30. The van der Waals surface area contributed by atoms with Crippen molar-refractivity contribution in [2.45, 2.75) is 65.3 Å². The van der Waals surface area contributed by atoms with Crippen LogP contribution in [0, 0.1) is 33.6 Å². The van der Waals surface area contributed by atoms with Gasteiger partial charge in [-0.25, -0.2) is 18.4 Å². The topological polar surface area (TPSA) is 90.2 Å². The van der Waals surface area contributed by atoms with E-state index in [2.05, 4.69) is 15.1 Å². The number of hydrogen-bond acceptors (Lipinski definition) is 6. The third-order valence-corrected chi connectivity index (χ3v) is 7.82. The van der Waals surface area contributed by atoms with Crippen molar-refractivity contribution in [3.8, 4) is 5.88 Å². The Balaban J connectivity index is 1.65. The largest absolute Gasteiger partial charge is 0.477 e. The predicted molar refractivity (Wildman–Crippen MR) is 111 cm³/mol. The van der Waals surface area contributed by atoms with Crippen LogP contribution in [-0.4, -0.2) is 52.2 Å². The first kappa shape index (κ1) is 21.7. The molecule has 0 aliphatic carbocycles. The maximum atomic E-state index is 13.3. The van der Waals surface area contributed by atoms with E-state index in [1.807, 2.05) is 34.6 Å². The Kier molecular flexibility index (Phi) is 6.28. The fourth-order valence-electron chi connectivity index (χ4n) is 3.83. The molecule has 1 saturated heterocycles. The van der Waals surface area contributed by atoms with Crippen molar-refractivity contribution in [1.29, 1.82) is 0 Å². The van der Waals surface area contributed by atoms with Crippen LogP contribution in [0.15, 0.2) is 11.2 Å². The molecular weight excluding hydrogens is 390 g/mol. The minimum Gasteiger partial charge on any atom is -0.477 e. The lowest BCUT2D eigenvalue weighted by molar-refractivity contribution is 0.180. The van der Waals surface area contributed by atoms with Crippen molar-refractivity contribution >= 4 is 10.0 Å². The van der Waals surface area contributed by atoms with Crippen molar-refractivity contribution in [3.63, 3.8) is 0 Å². The standard InChI is InChI=1S/C20H31N5O3S/c1-13(2)25-17(6)19(16(5)23-25)29(26,27)24-9-7-18(8-10-24)11-28-20-14(3)15(4)21-12-22-20/h12-13,18H,7-11H2,1-6H3. The molecule has 0 N–H and O–H groups in total. The number of ether oxygens (including phenoxy) is 1. The highest BCUT2D eigenvalue weighted by Gasteiger charge is 2.34. The zero-order valence-electron chi connectivity index (χ0n) is 18.1. The van der Waals surface area contributed by atoms with Crippen molar-refractivity contribution in [3.05, 3.63) is 29.0 Å². The van der Waals surface area contributed by atoms with Gasteiger partial charge in [-0.2, -0.15) is 9.40 Å². The molecule has 0 amide bonds. The van der Waals surface area contributed by atoms with Crippen LogP contribution in [0.1, 0.15) is 55.4 Å². The van der Waals surface area contributed by atoms with Gasteiger partial charge in [0.2, 0.25) is 15.9 Å². The summed E-state index contributed by atoms with van der Waals surface area (Å²) >= 11 is 0. The van der Waals surface area contributed by atoms with Crippen LogP contribution in [-0.2, 0) is 10.0 Å². The lowest BCUT2D eigenvalue weighted by atomic mass is 9.99. The molecule has 160 valence electrons. The van der Waals surface area contributed by atoms with E-state index in [-0.39, 0.29) is 6.04 Å². The Morgan fingerprint density at radius 1 is 1.10 bits per heavy atom. The summed E-state index contributed by atoms with van der Waals surface area (Å²) < 4.78 is 35.8. The van der Waals surface area contributed by atoms with Crippen molar-refractivity contribution in [1.82, 2.24) is 24.1 Å². The number of aryl methyl sites for hydroxylation is 2. The molecule has 0 bridgehead atoms. The summed E-state index contributed by atoms with van der Waals surface area (Å²) in [4.78, 5) is 8.71. The van der Waals surface area contributed by atoms with E-state index in [0.717, 1.165) is 24.1 Å². The fraction of sp³-hybridized carbons (Fsp3) is 0.650. The molecule has 9 heteroatoms. The molecule has 0 spiro atoms. The van der Waals surface area contributed by atoms with Gasteiger partial charge < -0.3 is 4.74 Å². The number of nitrogens with zero attached hydrogens (tertiary/aromatic N) is 5. The van der Waals surface area contributed by atoms with Crippen LogP contribution in [0.2, 0.25) is 0 Å². The van der Waals surface area contributed by atoms with Crippen molar-refractivity contribution in [2.75, 3.05) is 19.7 Å². The molecule has 0 unspecified atom stereocenters. The number of aromatic nitrogens is 4. The van der Waals surface area contributed by atoms with Gasteiger partial charge in [0.25, 0.3) is 0 Å². The summed E-state index contributed by atoms with van der Waals surface area (Å²) in [6, 6.07) is 0.120. The van der Waals surface area contributed by atoms with Crippen LogP contribution in [0.4, 0.5) is 0 Å². The Morgan fingerprint density at radius 2 is 1.76 bits per heavy atom. The summed E-state index contributed by atoms with van der Waals surface area (Å²) in [6.07, 6.45) is 3.03. The number of piperidine rings is 1. The Bertz CT molecular complexity index is 976. The molecule has 2 aromatic rings. The highest BCUT2D eigenvalue weighted by Crippen LogP contribution is 2.29. The van der Waals surface area contributed by atoms with Gasteiger partial charge in [0, 0.05) is 30.4 Å². The summed E-state index contributed by atoms with van der Waals surface area (Å²) in [6.45, 7) is 13.0. The van der Waals surface area contributed by atoms with Gasteiger partial charge >= 0.3 is 0 Å². The molecule has 1 aliphatic rings. The molecule has 1 fully saturated rings. The van der Waals surface area contributed by atoms with Crippen molar-refractivity contribution < 1.29 is 13.2 Å². The molecule has 1 aliphatic heterocycles. The molecule has 3 rings (SSSR count). The zero-order valence-corrected chi connectivity index (χ0v) is 19.0. The van der Waals surface area contributed by atoms with Gasteiger partial charge in [-0.1, -0.05) is 0 Å². The molecule has 0 radical (unpaired) electrons. The second kappa shape index (κ2) is 8.39. The van der Waals surface area contributed by atoms with E-state index >= 15 is 0 Å². The van der Waals surface area contributed by atoms with Gasteiger partial charge in [-0.3, -0.25) is 4.68 Å². The SMILES string of the molecule is Cc1ncnc(OCC2CCN(S(=O)(=O)c3c(C)nn(C(C)C)c3C)CC2)c1C. The van der Waals surface area contributed by atoms with Crippen LogP contribution >= 0.6 is 0 Å². The quantitative estimate of drug-likeness (QED) is 0.712. The van der Waals surface area contributed by atoms with Crippen molar-refractivity contribution in [2.24, 2.45) is 5.92 Å². The maximum absolute atomic E-state index is 13.3. The van der Waals surface area contributed by atoms with Gasteiger partial charge in [0.1, 0.15) is 11.2 Å². The molecular formula is C20H31N5O3S. The van der Waals surface area contributed by atoms with E-state index in [0.29, 0.717) is 47.8 Å². The summed E-state index contributed by atoms with van der Waals surface area (Å²) in [5, 5.41) is 4.44. The van der Waals surface area contributed by atoms with Gasteiger partial charge in [-0.05, 0) is 60.3 Å². The number of sulfonamides is 1. The molecule has 29 heavy (non-hydrogen) atoms. The Labute approximate surface area is 173 Å². The van der Waals surface area contributed by atoms with E-state index in [1.54, 1.807) is 15.9 Å². The van der Waals surface area contributed by atoms with Gasteiger partial charge in [0.05, 0.1) is 18.0 Å². The summed E-state index contributed by atoms with van der Waals surface area (Å²) in [7, 11) is -3.55. The molecule has 3 heterocycles. The second-order valence-electron chi connectivity index (χ2n) is 8.09. The van der Waals surface area contributed by atoms with E-state index in [4.69, 9.17) is 4.74 Å². The van der Waals surface area contributed by atoms with E-state index in [1.165, 1.54) is 6.33 Å². The van der Waals surface area contributed by atoms with Crippen LogP contribution in [0.25, 0.3) is 0 Å². The lowest BCUT2D eigenvalue weighted by Gasteiger charge is -2.31. The van der Waals surface area contributed by atoms with Crippen LogP contribution in [0.5, 0.6) is 5.88 Å². The molecule has 0 aromatic carbocycles. The molecule has 0 saturated carbocycles. The van der Waals surface area contributed by atoms with Gasteiger partial charge in [0.15, 0.2) is 0 Å². The third-order valence-electron chi connectivity index (χ3n) is 5.66. The first-order chi connectivity index (χ1) is 13.6. The Hall–Kier alpha value is -2.00.